The van der Waals surface area contributed by atoms with Crippen molar-refractivity contribution in [2.75, 3.05) is 39.3 Å². The van der Waals surface area contributed by atoms with Gasteiger partial charge in [0.05, 0.1) is 16.9 Å². The van der Waals surface area contributed by atoms with E-state index in [0.717, 1.165) is 30.7 Å². The summed E-state index contributed by atoms with van der Waals surface area (Å²) in [6, 6.07) is 7.56. The van der Waals surface area contributed by atoms with Crippen LogP contribution in [0.2, 0.25) is 4.34 Å². The number of carbonyl (C=O) groups excluding carboxylic acids is 1. The van der Waals surface area contributed by atoms with Crippen LogP contribution >= 0.6 is 22.9 Å². The van der Waals surface area contributed by atoms with Crippen LogP contribution in [-0.4, -0.2) is 72.3 Å². The maximum absolute atomic E-state index is 12.9. The van der Waals surface area contributed by atoms with Gasteiger partial charge in [0.25, 0.3) is 10.0 Å². The van der Waals surface area contributed by atoms with Gasteiger partial charge in [-0.2, -0.15) is 4.31 Å². The van der Waals surface area contributed by atoms with Crippen molar-refractivity contribution in [1.29, 1.82) is 0 Å². The largest absolute Gasteiger partial charge is 0.353 e. The molecule has 0 radical (unpaired) electrons. The highest BCUT2D eigenvalue weighted by Gasteiger charge is 2.34. The minimum Gasteiger partial charge on any atom is -0.353 e. The Morgan fingerprint density at radius 2 is 1.93 bits per heavy atom. The molecule has 2 aromatic rings. The molecule has 2 aliphatic heterocycles. The molecule has 2 fully saturated rings. The van der Waals surface area contributed by atoms with Crippen LogP contribution in [0.5, 0.6) is 0 Å². The second-order valence-corrected chi connectivity index (χ2v) is 11.4. The SMILES string of the molecule is Cn1cccc1[C@@H]1CCCN1CC(=O)N1CCN(S(=O)(=O)c2ccc(Cl)s2)CC1. The van der Waals surface area contributed by atoms with Crippen LogP contribution in [0, 0.1) is 0 Å². The Bertz CT molecular complexity index is 979. The van der Waals surface area contributed by atoms with Gasteiger partial charge in [-0.15, -0.1) is 11.3 Å². The summed E-state index contributed by atoms with van der Waals surface area (Å²) < 4.78 is 29.7. The van der Waals surface area contributed by atoms with Gasteiger partial charge in [-0.3, -0.25) is 9.69 Å². The molecule has 0 bridgehead atoms. The maximum Gasteiger partial charge on any atom is 0.252 e. The van der Waals surface area contributed by atoms with Crippen LogP contribution in [-0.2, 0) is 21.9 Å². The molecule has 10 heteroatoms. The molecule has 2 saturated heterocycles. The molecule has 2 aromatic heterocycles. The van der Waals surface area contributed by atoms with Gasteiger partial charge in [0.1, 0.15) is 4.21 Å². The second kappa shape index (κ2) is 8.39. The Hall–Kier alpha value is -1.39. The highest BCUT2D eigenvalue weighted by Crippen LogP contribution is 2.32. The summed E-state index contributed by atoms with van der Waals surface area (Å²) in [5.74, 6) is 0.0716. The average Bonchev–Trinajstić information content (AvgIpc) is 3.43. The summed E-state index contributed by atoms with van der Waals surface area (Å²) in [7, 11) is -1.50. The molecule has 0 aliphatic carbocycles. The molecule has 0 N–H and O–H groups in total. The van der Waals surface area contributed by atoms with Gasteiger partial charge in [-0.05, 0) is 43.7 Å². The van der Waals surface area contributed by atoms with Crippen molar-refractivity contribution in [2.45, 2.75) is 23.1 Å². The van der Waals surface area contributed by atoms with Gasteiger partial charge in [0.2, 0.25) is 5.91 Å². The summed E-state index contributed by atoms with van der Waals surface area (Å²) in [5, 5.41) is 0. The Kier molecular flexibility index (Phi) is 6.04. The molecular formula is C19H25ClN4O3S2. The van der Waals surface area contributed by atoms with E-state index in [9.17, 15) is 13.2 Å². The molecule has 4 rings (SSSR count). The Morgan fingerprint density at radius 3 is 2.55 bits per heavy atom. The van der Waals surface area contributed by atoms with Crippen LogP contribution in [0.1, 0.15) is 24.6 Å². The number of amides is 1. The molecule has 1 atom stereocenters. The zero-order valence-electron chi connectivity index (χ0n) is 16.3. The number of sulfonamides is 1. The second-order valence-electron chi connectivity index (χ2n) is 7.52. The first-order valence-corrected chi connectivity index (χ1v) is 12.4. The van der Waals surface area contributed by atoms with Crippen molar-refractivity contribution in [3.8, 4) is 0 Å². The van der Waals surface area contributed by atoms with Crippen molar-refractivity contribution in [3.05, 3.63) is 40.5 Å². The van der Waals surface area contributed by atoms with Crippen LogP contribution in [0.25, 0.3) is 0 Å². The number of hydrogen-bond donors (Lipinski definition) is 0. The Balaban J connectivity index is 1.35. The van der Waals surface area contributed by atoms with E-state index >= 15 is 0 Å². The van der Waals surface area contributed by atoms with Crippen molar-refractivity contribution in [1.82, 2.24) is 18.7 Å². The topological polar surface area (TPSA) is 65.9 Å². The van der Waals surface area contributed by atoms with Gasteiger partial charge in [0, 0.05) is 45.1 Å². The molecular weight excluding hydrogens is 432 g/mol. The van der Waals surface area contributed by atoms with E-state index < -0.39 is 10.0 Å². The molecule has 0 aromatic carbocycles. The fourth-order valence-corrected chi connectivity index (χ4v) is 7.25. The molecule has 0 unspecified atom stereocenters. The third kappa shape index (κ3) is 4.25. The number of hydrogen-bond acceptors (Lipinski definition) is 5. The Labute approximate surface area is 180 Å². The molecule has 1 amide bonds. The minimum absolute atomic E-state index is 0.0716. The number of aromatic nitrogens is 1. The third-order valence-corrected chi connectivity index (χ3v) is 9.36. The predicted molar refractivity (Wildman–Crippen MR) is 114 cm³/mol. The minimum atomic E-state index is -3.54. The molecule has 7 nitrogen and oxygen atoms in total. The summed E-state index contributed by atoms with van der Waals surface area (Å²) in [5.41, 5.74) is 1.24. The number of rotatable bonds is 5. The predicted octanol–water partition coefficient (Wildman–Crippen LogP) is 2.41. The standard InChI is InChI=1S/C19H25ClN4O3S2/c1-21-8-2-4-15(21)16-5-3-9-23(16)14-18(25)22-10-12-24(13-11-22)29(26,27)19-7-6-17(20)28-19/h2,4,6-8,16H,3,5,9-14H2,1H3/t16-/m0/s1. The van der Waals surface area contributed by atoms with Gasteiger partial charge < -0.3 is 9.47 Å². The highest BCUT2D eigenvalue weighted by molar-refractivity contribution is 7.91. The summed E-state index contributed by atoms with van der Waals surface area (Å²) >= 11 is 6.95. The summed E-state index contributed by atoms with van der Waals surface area (Å²) in [6.45, 7) is 2.74. The third-order valence-electron chi connectivity index (χ3n) is 5.76. The fourth-order valence-electron chi connectivity index (χ4n) is 4.19. The lowest BCUT2D eigenvalue weighted by Crippen LogP contribution is -2.52. The van der Waals surface area contributed by atoms with E-state index in [-0.39, 0.29) is 16.2 Å². The number of likely N-dealkylation sites (tertiary alicyclic amines) is 1. The monoisotopic (exact) mass is 456 g/mol. The normalized spacial score (nSPS) is 21.7. The van der Waals surface area contributed by atoms with Crippen LogP contribution in [0.4, 0.5) is 0 Å². The average molecular weight is 457 g/mol. The van der Waals surface area contributed by atoms with E-state index in [2.05, 4.69) is 15.5 Å². The van der Waals surface area contributed by atoms with Crippen LogP contribution in [0.15, 0.2) is 34.7 Å². The molecule has 4 heterocycles. The first-order chi connectivity index (χ1) is 13.9. The lowest BCUT2D eigenvalue weighted by atomic mass is 10.1. The molecule has 158 valence electrons. The molecule has 0 saturated carbocycles. The lowest BCUT2D eigenvalue weighted by molar-refractivity contribution is -0.133. The van der Waals surface area contributed by atoms with Crippen LogP contribution < -0.4 is 0 Å². The number of piperazine rings is 1. The molecule has 29 heavy (non-hydrogen) atoms. The summed E-state index contributed by atoms with van der Waals surface area (Å²) in [4.78, 5) is 16.9. The molecule has 0 spiro atoms. The zero-order valence-corrected chi connectivity index (χ0v) is 18.7. The number of halogens is 1. The van der Waals surface area contributed by atoms with E-state index in [1.165, 1.54) is 16.1 Å². The van der Waals surface area contributed by atoms with Crippen molar-refractivity contribution in [3.63, 3.8) is 0 Å². The number of nitrogens with zero attached hydrogens (tertiary/aromatic N) is 4. The maximum atomic E-state index is 12.9. The highest BCUT2D eigenvalue weighted by atomic mass is 35.5. The van der Waals surface area contributed by atoms with Crippen LogP contribution in [0.3, 0.4) is 0 Å². The number of carbonyl (C=O) groups is 1. The quantitative estimate of drug-likeness (QED) is 0.693. The van der Waals surface area contributed by atoms with E-state index in [4.69, 9.17) is 11.6 Å². The smallest absolute Gasteiger partial charge is 0.252 e. The van der Waals surface area contributed by atoms with E-state index in [1.54, 1.807) is 11.0 Å². The lowest BCUT2D eigenvalue weighted by Gasteiger charge is -2.35. The van der Waals surface area contributed by atoms with Gasteiger partial charge in [-0.25, -0.2) is 8.42 Å². The van der Waals surface area contributed by atoms with Crippen molar-refractivity contribution >= 4 is 38.9 Å². The van der Waals surface area contributed by atoms with E-state index in [0.29, 0.717) is 37.1 Å². The zero-order chi connectivity index (χ0) is 20.6. The van der Waals surface area contributed by atoms with Gasteiger partial charge in [0.15, 0.2) is 0 Å². The van der Waals surface area contributed by atoms with Crippen molar-refractivity contribution < 1.29 is 13.2 Å². The first kappa shape index (κ1) is 20.9. The van der Waals surface area contributed by atoms with Gasteiger partial charge in [-0.1, -0.05) is 11.6 Å². The number of thiophene rings is 1. The fraction of sp³-hybridized carbons (Fsp3) is 0.526. The number of aryl methyl sites for hydroxylation is 1. The van der Waals surface area contributed by atoms with Gasteiger partial charge >= 0.3 is 0 Å². The summed E-state index contributed by atoms with van der Waals surface area (Å²) in [6.07, 6.45) is 4.17. The van der Waals surface area contributed by atoms with E-state index in [1.807, 2.05) is 19.3 Å². The van der Waals surface area contributed by atoms with Crippen molar-refractivity contribution in [2.24, 2.45) is 7.05 Å². The Morgan fingerprint density at radius 1 is 1.17 bits per heavy atom. The molecule has 2 aliphatic rings. The first-order valence-electron chi connectivity index (χ1n) is 9.75.